The summed E-state index contributed by atoms with van der Waals surface area (Å²) in [5, 5.41) is 2.08. The first kappa shape index (κ1) is 13.0. The number of Topliss-reactive ketones (excluding diaryl/α,β-unsaturated/α-hetero) is 1. The van der Waals surface area contributed by atoms with Gasteiger partial charge in [-0.3, -0.25) is 9.00 Å². The van der Waals surface area contributed by atoms with Crippen LogP contribution in [0.1, 0.15) is 20.3 Å². The average molecular weight is 260 g/mol. The molecule has 0 aromatic heterocycles. The maximum absolute atomic E-state index is 12.3. The summed E-state index contributed by atoms with van der Waals surface area (Å²) in [5.74, 6) is 0.0802. The lowest BCUT2D eigenvalue weighted by atomic mass is 10.1. The minimum Gasteiger partial charge on any atom is -0.300 e. The van der Waals surface area contributed by atoms with Gasteiger partial charge < -0.3 is 0 Å². The van der Waals surface area contributed by atoms with E-state index in [1.807, 2.05) is 49.4 Å². The number of fused-ring (bicyclic) bond motifs is 1. The molecular weight excluding hydrogens is 244 g/mol. The Morgan fingerprint density at radius 2 is 1.83 bits per heavy atom. The first-order valence-corrected chi connectivity index (χ1v) is 7.18. The number of carbonyl (C=O) groups is 1. The normalized spacial score (nSPS) is 14.3. The van der Waals surface area contributed by atoms with Gasteiger partial charge >= 0.3 is 0 Å². The standard InChI is InChI=1S/C15H16O2S/c1-11(16)9-12(2)18(17)15-8-7-13-5-3-4-6-14(13)10-15/h3-8,10,12H,9H2,1-2H3. The van der Waals surface area contributed by atoms with Crippen molar-refractivity contribution in [2.75, 3.05) is 0 Å². The van der Waals surface area contributed by atoms with Crippen LogP contribution in [0, 0.1) is 0 Å². The van der Waals surface area contributed by atoms with Gasteiger partial charge in [-0.05, 0) is 29.8 Å². The molecule has 94 valence electrons. The second kappa shape index (κ2) is 5.44. The fourth-order valence-electron chi connectivity index (χ4n) is 2.01. The molecule has 2 aromatic carbocycles. The monoisotopic (exact) mass is 260 g/mol. The zero-order valence-electron chi connectivity index (χ0n) is 10.6. The van der Waals surface area contributed by atoms with E-state index in [0.717, 1.165) is 15.7 Å². The van der Waals surface area contributed by atoms with E-state index in [9.17, 15) is 9.00 Å². The van der Waals surface area contributed by atoms with E-state index >= 15 is 0 Å². The predicted octanol–water partition coefficient (Wildman–Crippen LogP) is 3.32. The molecule has 0 saturated carbocycles. The minimum absolute atomic E-state index is 0.0802. The fourth-order valence-corrected chi connectivity index (χ4v) is 3.30. The third-order valence-electron chi connectivity index (χ3n) is 2.89. The molecule has 0 aliphatic rings. The number of hydrogen-bond acceptors (Lipinski definition) is 2. The Morgan fingerprint density at radius 3 is 2.50 bits per heavy atom. The topological polar surface area (TPSA) is 34.1 Å². The third-order valence-corrected chi connectivity index (χ3v) is 4.51. The Labute approximate surface area is 109 Å². The van der Waals surface area contributed by atoms with Crippen molar-refractivity contribution in [2.24, 2.45) is 0 Å². The lowest BCUT2D eigenvalue weighted by Gasteiger charge is -2.10. The van der Waals surface area contributed by atoms with Crippen LogP contribution in [0.25, 0.3) is 10.8 Å². The van der Waals surface area contributed by atoms with E-state index in [-0.39, 0.29) is 11.0 Å². The summed E-state index contributed by atoms with van der Waals surface area (Å²) in [6.45, 7) is 3.39. The lowest BCUT2D eigenvalue weighted by Crippen LogP contribution is -2.14. The van der Waals surface area contributed by atoms with Gasteiger partial charge in [0.2, 0.25) is 0 Å². The maximum atomic E-state index is 12.3. The summed E-state index contributed by atoms with van der Waals surface area (Å²) in [4.78, 5) is 11.9. The molecule has 2 rings (SSSR count). The largest absolute Gasteiger partial charge is 0.300 e. The molecule has 0 saturated heterocycles. The minimum atomic E-state index is -1.13. The molecule has 0 fully saturated rings. The summed E-state index contributed by atoms with van der Waals surface area (Å²) in [5.41, 5.74) is 0. The van der Waals surface area contributed by atoms with E-state index in [4.69, 9.17) is 0 Å². The second-order valence-electron chi connectivity index (χ2n) is 4.52. The van der Waals surface area contributed by atoms with Crippen molar-refractivity contribution in [3.8, 4) is 0 Å². The van der Waals surface area contributed by atoms with Gasteiger partial charge in [0.1, 0.15) is 5.78 Å². The fraction of sp³-hybridized carbons (Fsp3) is 0.267. The molecule has 0 aliphatic carbocycles. The number of carbonyl (C=O) groups excluding carboxylic acids is 1. The summed E-state index contributed by atoms with van der Waals surface area (Å²) in [7, 11) is -1.13. The highest BCUT2D eigenvalue weighted by molar-refractivity contribution is 7.85. The van der Waals surface area contributed by atoms with Gasteiger partial charge in [0.15, 0.2) is 0 Å². The van der Waals surface area contributed by atoms with Crippen LogP contribution in [0.4, 0.5) is 0 Å². The highest BCUT2D eigenvalue weighted by atomic mass is 32.2. The van der Waals surface area contributed by atoms with E-state index < -0.39 is 10.8 Å². The van der Waals surface area contributed by atoms with E-state index in [1.165, 1.54) is 6.92 Å². The van der Waals surface area contributed by atoms with Gasteiger partial charge in [-0.1, -0.05) is 37.3 Å². The highest BCUT2D eigenvalue weighted by Crippen LogP contribution is 2.20. The van der Waals surface area contributed by atoms with Crippen LogP contribution < -0.4 is 0 Å². The molecule has 0 heterocycles. The molecule has 0 N–H and O–H groups in total. The number of ketones is 1. The summed E-state index contributed by atoms with van der Waals surface area (Å²) < 4.78 is 12.3. The van der Waals surface area contributed by atoms with Gasteiger partial charge in [-0.15, -0.1) is 0 Å². The number of hydrogen-bond donors (Lipinski definition) is 0. The maximum Gasteiger partial charge on any atom is 0.131 e. The Morgan fingerprint density at radius 1 is 1.17 bits per heavy atom. The Kier molecular flexibility index (Phi) is 3.92. The van der Waals surface area contributed by atoms with Crippen LogP contribution in [0.2, 0.25) is 0 Å². The molecule has 2 aromatic rings. The first-order chi connectivity index (χ1) is 8.58. The van der Waals surface area contributed by atoms with Crippen LogP contribution in [-0.4, -0.2) is 15.2 Å². The second-order valence-corrected chi connectivity index (χ2v) is 6.39. The van der Waals surface area contributed by atoms with Crippen LogP contribution >= 0.6 is 0 Å². The van der Waals surface area contributed by atoms with Crippen LogP contribution in [0.3, 0.4) is 0 Å². The van der Waals surface area contributed by atoms with Gasteiger partial charge in [-0.25, -0.2) is 0 Å². The molecule has 0 radical (unpaired) electrons. The SMILES string of the molecule is CC(=O)CC(C)S(=O)c1ccc2ccccc2c1. The molecule has 2 nitrogen and oxygen atoms in total. The Balaban J connectivity index is 2.30. The average Bonchev–Trinajstić information content (AvgIpc) is 2.36. The van der Waals surface area contributed by atoms with Crippen molar-refractivity contribution in [3.05, 3.63) is 42.5 Å². The molecule has 2 atom stereocenters. The number of benzene rings is 2. The van der Waals surface area contributed by atoms with E-state index in [2.05, 4.69) is 0 Å². The van der Waals surface area contributed by atoms with Crippen molar-refractivity contribution < 1.29 is 9.00 Å². The molecule has 0 amide bonds. The molecule has 0 bridgehead atoms. The van der Waals surface area contributed by atoms with Crippen LogP contribution in [0.15, 0.2) is 47.4 Å². The molecule has 18 heavy (non-hydrogen) atoms. The summed E-state index contributed by atoms with van der Waals surface area (Å²) in [6.07, 6.45) is 0.361. The predicted molar refractivity (Wildman–Crippen MR) is 75.1 cm³/mol. The van der Waals surface area contributed by atoms with Crippen LogP contribution in [0.5, 0.6) is 0 Å². The zero-order valence-corrected chi connectivity index (χ0v) is 11.4. The van der Waals surface area contributed by atoms with Crippen molar-refractivity contribution in [1.82, 2.24) is 0 Å². The van der Waals surface area contributed by atoms with Crippen LogP contribution in [-0.2, 0) is 15.6 Å². The van der Waals surface area contributed by atoms with Crippen molar-refractivity contribution in [3.63, 3.8) is 0 Å². The van der Waals surface area contributed by atoms with Crippen molar-refractivity contribution >= 4 is 27.4 Å². The van der Waals surface area contributed by atoms with E-state index in [1.54, 1.807) is 0 Å². The van der Waals surface area contributed by atoms with Gasteiger partial charge in [0.25, 0.3) is 0 Å². The quantitative estimate of drug-likeness (QED) is 0.845. The summed E-state index contributed by atoms with van der Waals surface area (Å²) in [6, 6.07) is 13.8. The van der Waals surface area contributed by atoms with Gasteiger partial charge in [0.05, 0.1) is 10.8 Å². The summed E-state index contributed by atoms with van der Waals surface area (Å²) >= 11 is 0. The van der Waals surface area contributed by atoms with Gasteiger partial charge in [-0.2, -0.15) is 0 Å². The van der Waals surface area contributed by atoms with Gasteiger partial charge in [0, 0.05) is 16.6 Å². The molecule has 2 unspecified atom stereocenters. The Hall–Kier alpha value is -1.48. The molecule has 3 heteroatoms. The third kappa shape index (κ3) is 2.85. The molecule has 0 aliphatic heterocycles. The smallest absolute Gasteiger partial charge is 0.131 e. The number of rotatable bonds is 4. The lowest BCUT2D eigenvalue weighted by molar-refractivity contribution is -0.116. The van der Waals surface area contributed by atoms with Crippen molar-refractivity contribution in [1.29, 1.82) is 0 Å². The zero-order chi connectivity index (χ0) is 13.1. The Bertz CT molecular complexity index is 604. The van der Waals surface area contributed by atoms with Crippen molar-refractivity contribution in [2.45, 2.75) is 30.4 Å². The first-order valence-electron chi connectivity index (χ1n) is 5.97. The van der Waals surface area contributed by atoms with E-state index in [0.29, 0.717) is 6.42 Å². The highest BCUT2D eigenvalue weighted by Gasteiger charge is 2.15. The molecule has 0 spiro atoms. The molecular formula is C15H16O2S.